The zero-order valence-electron chi connectivity index (χ0n) is 9.71. The number of anilines is 1. The molecule has 5 nitrogen and oxygen atoms in total. The molecule has 0 unspecified atom stereocenters. The Hall–Kier alpha value is -1.69. The second kappa shape index (κ2) is 5.09. The summed E-state index contributed by atoms with van der Waals surface area (Å²) < 4.78 is 5.65. The normalized spacial score (nSPS) is 10.5. The third-order valence-electron chi connectivity index (χ3n) is 2.46. The second-order valence-corrected chi connectivity index (χ2v) is 4.50. The molecule has 17 heavy (non-hydrogen) atoms. The lowest BCUT2D eigenvalue weighted by atomic mass is 10.3. The van der Waals surface area contributed by atoms with Gasteiger partial charge in [-0.25, -0.2) is 9.97 Å². The molecule has 6 heteroatoms. The molecule has 0 atom stereocenters. The van der Waals surface area contributed by atoms with Crippen molar-refractivity contribution in [3.63, 3.8) is 0 Å². The Bertz CT molecular complexity index is 526. The maximum atomic E-state index is 11.1. The molecule has 0 spiro atoms. The first-order valence-electron chi connectivity index (χ1n) is 5.18. The fourth-order valence-corrected chi connectivity index (χ4v) is 2.40. The number of hydrogen-bond donors (Lipinski definition) is 0. The largest absolute Gasteiger partial charge is 0.469 e. The number of fused-ring (bicyclic) bond motifs is 1. The first kappa shape index (κ1) is 11.8. The van der Waals surface area contributed by atoms with Crippen molar-refractivity contribution in [2.45, 2.75) is 6.42 Å². The van der Waals surface area contributed by atoms with E-state index in [0.29, 0.717) is 13.0 Å². The van der Waals surface area contributed by atoms with Gasteiger partial charge in [0, 0.05) is 13.6 Å². The third-order valence-corrected chi connectivity index (χ3v) is 3.36. The van der Waals surface area contributed by atoms with Gasteiger partial charge in [0.15, 0.2) is 0 Å². The number of aromatic nitrogens is 2. The molecule has 90 valence electrons. The lowest BCUT2D eigenvalue weighted by Crippen LogP contribution is -2.22. The molecule has 0 fully saturated rings. The van der Waals surface area contributed by atoms with Crippen LogP contribution in [0.4, 0.5) is 5.82 Å². The maximum Gasteiger partial charge on any atom is 0.307 e. The Morgan fingerprint density at radius 2 is 2.35 bits per heavy atom. The van der Waals surface area contributed by atoms with Crippen molar-refractivity contribution in [3.8, 4) is 0 Å². The van der Waals surface area contributed by atoms with E-state index < -0.39 is 0 Å². The fraction of sp³-hybridized carbons (Fsp3) is 0.364. The predicted molar refractivity (Wildman–Crippen MR) is 67.3 cm³/mol. The molecule has 0 aliphatic heterocycles. The van der Waals surface area contributed by atoms with Crippen molar-refractivity contribution in [1.82, 2.24) is 9.97 Å². The molecule has 0 aromatic carbocycles. The summed E-state index contributed by atoms with van der Waals surface area (Å²) in [5.74, 6) is 0.641. The summed E-state index contributed by atoms with van der Waals surface area (Å²) in [5, 5.41) is 1.98. The van der Waals surface area contributed by atoms with E-state index in [1.54, 1.807) is 17.7 Å². The molecule has 0 bridgehead atoms. The van der Waals surface area contributed by atoms with Gasteiger partial charge in [-0.15, -0.1) is 11.3 Å². The zero-order chi connectivity index (χ0) is 12.3. The molecule has 2 rings (SSSR count). The van der Waals surface area contributed by atoms with E-state index in [9.17, 15) is 4.79 Å². The van der Waals surface area contributed by atoms with E-state index in [4.69, 9.17) is 0 Å². The number of methoxy groups -OCH3 is 1. The number of carbonyl (C=O) groups is 1. The molecule has 0 N–H and O–H groups in total. The van der Waals surface area contributed by atoms with Crippen LogP contribution in [0.15, 0.2) is 17.8 Å². The van der Waals surface area contributed by atoms with Gasteiger partial charge in [-0.05, 0) is 11.4 Å². The Morgan fingerprint density at radius 3 is 3.12 bits per heavy atom. The quantitative estimate of drug-likeness (QED) is 0.774. The Morgan fingerprint density at radius 1 is 1.53 bits per heavy atom. The summed E-state index contributed by atoms with van der Waals surface area (Å²) in [6.07, 6.45) is 1.89. The fourth-order valence-electron chi connectivity index (χ4n) is 1.51. The zero-order valence-corrected chi connectivity index (χ0v) is 10.5. The second-order valence-electron chi connectivity index (χ2n) is 3.58. The van der Waals surface area contributed by atoms with Gasteiger partial charge in [0.25, 0.3) is 0 Å². The third kappa shape index (κ3) is 2.52. The molecular weight excluding hydrogens is 238 g/mol. The van der Waals surface area contributed by atoms with Crippen molar-refractivity contribution in [1.29, 1.82) is 0 Å². The van der Waals surface area contributed by atoms with E-state index in [1.165, 1.54) is 7.11 Å². The van der Waals surface area contributed by atoms with Crippen LogP contribution >= 0.6 is 11.3 Å². The smallest absolute Gasteiger partial charge is 0.307 e. The van der Waals surface area contributed by atoms with Crippen molar-refractivity contribution < 1.29 is 9.53 Å². The molecule has 2 aromatic heterocycles. The van der Waals surface area contributed by atoms with Crippen LogP contribution in [-0.4, -0.2) is 36.6 Å². The maximum absolute atomic E-state index is 11.1. The summed E-state index contributed by atoms with van der Waals surface area (Å²) in [6.45, 7) is 0.580. The molecule has 0 saturated heterocycles. The summed E-state index contributed by atoms with van der Waals surface area (Å²) in [6, 6.07) is 1.96. The number of nitrogens with zero attached hydrogens (tertiary/aromatic N) is 3. The van der Waals surface area contributed by atoms with Crippen LogP contribution in [0.5, 0.6) is 0 Å². The molecular formula is C11H13N3O2S. The summed E-state index contributed by atoms with van der Waals surface area (Å²) in [4.78, 5) is 21.5. The van der Waals surface area contributed by atoms with Crippen LogP contribution in [0, 0.1) is 0 Å². The van der Waals surface area contributed by atoms with Crippen LogP contribution in [0.25, 0.3) is 10.2 Å². The minimum absolute atomic E-state index is 0.215. The van der Waals surface area contributed by atoms with E-state index in [1.807, 2.05) is 23.4 Å². The number of thiophene rings is 1. The Kier molecular flexibility index (Phi) is 3.53. The molecule has 0 amide bonds. The molecule has 0 radical (unpaired) electrons. The summed E-state index contributed by atoms with van der Waals surface area (Å²) in [5.41, 5.74) is 0.935. The standard InChI is InChI=1S/C11H13N3O2S/c1-14(5-3-9(15)16-2)11-10-8(4-6-17-10)12-7-13-11/h4,6-7H,3,5H2,1-2H3. The minimum atomic E-state index is -0.215. The van der Waals surface area contributed by atoms with Gasteiger partial charge in [0.05, 0.1) is 23.7 Å². The van der Waals surface area contributed by atoms with Gasteiger partial charge >= 0.3 is 5.97 Å². The first-order valence-corrected chi connectivity index (χ1v) is 6.06. The van der Waals surface area contributed by atoms with E-state index in [0.717, 1.165) is 16.0 Å². The van der Waals surface area contributed by atoms with Crippen LogP contribution in [-0.2, 0) is 9.53 Å². The average Bonchev–Trinajstić information content (AvgIpc) is 2.83. The van der Waals surface area contributed by atoms with E-state index in [-0.39, 0.29) is 5.97 Å². The van der Waals surface area contributed by atoms with Crippen LogP contribution < -0.4 is 4.90 Å². The van der Waals surface area contributed by atoms with E-state index in [2.05, 4.69) is 14.7 Å². The lowest BCUT2D eigenvalue weighted by Gasteiger charge is -2.17. The highest BCUT2D eigenvalue weighted by atomic mass is 32.1. The van der Waals surface area contributed by atoms with Gasteiger partial charge in [0.1, 0.15) is 12.1 Å². The van der Waals surface area contributed by atoms with Crippen molar-refractivity contribution in [2.24, 2.45) is 0 Å². The van der Waals surface area contributed by atoms with Crippen LogP contribution in [0.2, 0.25) is 0 Å². The topological polar surface area (TPSA) is 55.3 Å². The number of rotatable bonds is 4. The lowest BCUT2D eigenvalue weighted by molar-refractivity contribution is -0.140. The van der Waals surface area contributed by atoms with Gasteiger partial charge in [-0.1, -0.05) is 0 Å². The van der Waals surface area contributed by atoms with Gasteiger partial charge in [0.2, 0.25) is 0 Å². The number of carbonyl (C=O) groups excluding carboxylic acids is 1. The van der Waals surface area contributed by atoms with Crippen LogP contribution in [0.1, 0.15) is 6.42 Å². The average molecular weight is 251 g/mol. The first-order chi connectivity index (χ1) is 8.22. The number of esters is 1. The van der Waals surface area contributed by atoms with Gasteiger partial charge < -0.3 is 9.64 Å². The van der Waals surface area contributed by atoms with Gasteiger partial charge in [-0.2, -0.15) is 0 Å². The monoisotopic (exact) mass is 251 g/mol. The molecule has 0 aliphatic carbocycles. The number of ether oxygens (including phenoxy) is 1. The highest BCUT2D eigenvalue weighted by molar-refractivity contribution is 7.17. The van der Waals surface area contributed by atoms with E-state index >= 15 is 0 Å². The molecule has 0 saturated carbocycles. The highest BCUT2D eigenvalue weighted by Gasteiger charge is 2.11. The Balaban J connectivity index is 2.15. The summed E-state index contributed by atoms with van der Waals surface area (Å²) in [7, 11) is 3.30. The Labute approximate surface area is 103 Å². The molecule has 0 aliphatic rings. The van der Waals surface area contributed by atoms with Crippen molar-refractivity contribution in [2.75, 3.05) is 25.6 Å². The summed E-state index contributed by atoms with van der Waals surface area (Å²) >= 11 is 1.60. The van der Waals surface area contributed by atoms with Crippen molar-refractivity contribution >= 4 is 33.3 Å². The minimum Gasteiger partial charge on any atom is -0.469 e. The molecule has 2 heterocycles. The molecule has 2 aromatic rings. The predicted octanol–water partition coefficient (Wildman–Crippen LogP) is 1.69. The van der Waals surface area contributed by atoms with Crippen molar-refractivity contribution in [3.05, 3.63) is 17.8 Å². The SMILES string of the molecule is COC(=O)CCN(C)c1ncnc2ccsc12. The number of hydrogen-bond acceptors (Lipinski definition) is 6. The highest BCUT2D eigenvalue weighted by Crippen LogP contribution is 2.26. The van der Waals surface area contributed by atoms with Crippen LogP contribution in [0.3, 0.4) is 0 Å². The van der Waals surface area contributed by atoms with Gasteiger partial charge in [-0.3, -0.25) is 4.79 Å².